The van der Waals surface area contributed by atoms with E-state index in [1.165, 1.54) is 6.42 Å². The van der Waals surface area contributed by atoms with Gasteiger partial charge in [0.15, 0.2) is 0 Å². The Labute approximate surface area is 98.5 Å². The summed E-state index contributed by atoms with van der Waals surface area (Å²) in [5, 5.41) is 0. The van der Waals surface area contributed by atoms with Crippen molar-refractivity contribution in [3.63, 3.8) is 0 Å². The summed E-state index contributed by atoms with van der Waals surface area (Å²) in [5.74, 6) is 0.568. The summed E-state index contributed by atoms with van der Waals surface area (Å²) in [6.07, 6.45) is 2.11. The molecule has 94 valence electrons. The van der Waals surface area contributed by atoms with Crippen LogP contribution in [0, 0.1) is 5.92 Å². The molecule has 16 heavy (non-hydrogen) atoms. The summed E-state index contributed by atoms with van der Waals surface area (Å²) in [6.45, 7) is 4.48. The third kappa shape index (κ3) is 4.10. The van der Waals surface area contributed by atoms with Crippen LogP contribution >= 0.6 is 0 Å². The van der Waals surface area contributed by atoms with Gasteiger partial charge >= 0.3 is 5.97 Å². The number of likely N-dealkylation sites (N-methyl/N-ethyl adjacent to an activating group) is 2. The summed E-state index contributed by atoms with van der Waals surface area (Å²) >= 11 is 0. The summed E-state index contributed by atoms with van der Waals surface area (Å²) in [5.41, 5.74) is 0. The Morgan fingerprint density at radius 1 is 1.50 bits per heavy atom. The van der Waals surface area contributed by atoms with Crippen molar-refractivity contribution in [3.05, 3.63) is 0 Å². The Morgan fingerprint density at radius 3 is 2.81 bits per heavy atom. The summed E-state index contributed by atoms with van der Waals surface area (Å²) in [6, 6.07) is -0.0362. The molecule has 0 N–H and O–H groups in total. The average molecular weight is 228 g/mol. The molecule has 1 aliphatic rings. The van der Waals surface area contributed by atoms with Crippen molar-refractivity contribution in [2.24, 2.45) is 5.92 Å². The quantitative estimate of drug-likeness (QED) is 0.667. The van der Waals surface area contributed by atoms with Crippen molar-refractivity contribution < 1.29 is 9.53 Å². The fraction of sp³-hybridized carbons (Fsp3) is 0.917. The third-order valence-corrected chi connectivity index (χ3v) is 3.19. The molecule has 1 aliphatic heterocycles. The number of rotatable bonds is 4. The predicted molar refractivity (Wildman–Crippen MR) is 64.3 cm³/mol. The molecule has 4 heteroatoms. The Balaban J connectivity index is 2.34. The van der Waals surface area contributed by atoms with Gasteiger partial charge in [-0.2, -0.15) is 0 Å². The largest absolute Gasteiger partial charge is 0.463 e. The van der Waals surface area contributed by atoms with Crippen LogP contribution in [0.25, 0.3) is 0 Å². The maximum absolute atomic E-state index is 11.9. The number of nitrogens with zero attached hydrogens (tertiary/aromatic N) is 2. The van der Waals surface area contributed by atoms with E-state index in [1.807, 2.05) is 26.0 Å². The molecule has 0 amide bonds. The Hall–Kier alpha value is -0.610. The normalized spacial score (nSPS) is 27.1. The molecule has 1 saturated heterocycles. The second-order valence-electron chi connectivity index (χ2n) is 5.10. The molecule has 4 nitrogen and oxygen atoms in total. The van der Waals surface area contributed by atoms with Gasteiger partial charge in [0.05, 0.1) is 0 Å². The Kier molecular flexibility index (Phi) is 5.22. The average Bonchev–Trinajstić information content (AvgIpc) is 2.21. The Bertz CT molecular complexity index is 231. The first kappa shape index (κ1) is 13.5. The highest BCUT2D eigenvalue weighted by Gasteiger charge is 2.30. The number of likely N-dealkylation sites (tertiary alicyclic amines) is 1. The van der Waals surface area contributed by atoms with Crippen LogP contribution in [-0.2, 0) is 9.53 Å². The van der Waals surface area contributed by atoms with Gasteiger partial charge in [-0.05, 0) is 46.4 Å². The highest BCUT2D eigenvalue weighted by atomic mass is 16.5. The highest BCUT2D eigenvalue weighted by molar-refractivity contribution is 5.75. The molecule has 0 bridgehead atoms. The van der Waals surface area contributed by atoms with Gasteiger partial charge in [-0.15, -0.1) is 0 Å². The van der Waals surface area contributed by atoms with E-state index < -0.39 is 0 Å². The van der Waals surface area contributed by atoms with Gasteiger partial charge < -0.3 is 9.64 Å². The van der Waals surface area contributed by atoms with Crippen molar-refractivity contribution in [1.29, 1.82) is 0 Å². The molecule has 1 fully saturated rings. The molecule has 1 heterocycles. The summed E-state index contributed by atoms with van der Waals surface area (Å²) in [4.78, 5) is 16.0. The summed E-state index contributed by atoms with van der Waals surface area (Å²) in [7, 11) is 5.95. The van der Waals surface area contributed by atoms with Crippen molar-refractivity contribution in [3.8, 4) is 0 Å². The topological polar surface area (TPSA) is 32.8 Å². The van der Waals surface area contributed by atoms with Crippen molar-refractivity contribution >= 4 is 5.97 Å². The minimum Gasteiger partial charge on any atom is -0.463 e. The molecule has 0 radical (unpaired) electrons. The number of carbonyl (C=O) groups excluding carboxylic acids is 1. The highest BCUT2D eigenvalue weighted by Crippen LogP contribution is 2.21. The molecule has 0 aromatic carbocycles. The molecule has 2 atom stereocenters. The maximum Gasteiger partial charge on any atom is 0.323 e. The van der Waals surface area contributed by atoms with Gasteiger partial charge in [-0.25, -0.2) is 0 Å². The van der Waals surface area contributed by atoms with E-state index in [0.29, 0.717) is 12.5 Å². The molecule has 2 unspecified atom stereocenters. The smallest absolute Gasteiger partial charge is 0.323 e. The first-order valence-corrected chi connectivity index (χ1v) is 6.02. The lowest BCUT2D eigenvalue weighted by Gasteiger charge is -2.34. The SMILES string of the molecule is CC1CCN(C)C(C(=O)OCCN(C)C)C1. The van der Waals surface area contributed by atoms with E-state index in [2.05, 4.69) is 11.8 Å². The van der Waals surface area contributed by atoms with Crippen LogP contribution in [0.4, 0.5) is 0 Å². The number of ether oxygens (including phenoxy) is 1. The molecule has 0 spiro atoms. The maximum atomic E-state index is 11.9. The second kappa shape index (κ2) is 6.21. The number of carbonyl (C=O) groups is 1. The molecule has 1 rings (SSSR count). The number of piperidine rings is 1. The van der Waals surface area contributed by atoms with E-state index >= 15 is 0 Å². The molecule has 0 aliphatic carbocycles. The van der Waals surface area contributed by atoms with Crippen LogP contribution in [-0.4, -0.2) is 62.7 Å². The minimum atomic E-state index is -0.0594. The monoisotopic (exact) mass is 228 g/mol. The van der Waals surface area contributed by atoms with Crippen molar-refractivity contribution in [1.82, 2.24) is 9.80 Å². The van der Waals surface area contributed by atoms with Gasteiger partial charge in [-0.3, -0.25) is 9.69 Å². The lowest BCUT2D eigenvalue weighted by molar-refractivity contribution is -0.151. The van der Waals surface area contributed by atoms with Crippen molar-refractivity contribution in [2.45, 2.75) is 25.8 Å². The second-order valence-corrected chi connectivity index (χ2v) is 5.10. The minimum absolute atomic E-state index is 0.0362. The molecular formula is C12H24N2O2. The Morgan fingerprint density at radius 2 is 2.19 bits per heavy atom. The van der Waals surface area contributed by atoms with Gasteiger partial charge in [-0.1, -0.05) is 6.92 Å². The first-order chi connectivity index (χ1) is 7.50. The van der Waals surface area contributed by atoms with Crippen LogP contribution in [0.3, 0.4) is 0 Å². The van der Waals surface area contributed by atoms with Gasteiger partial charge in [0.25, 0.3) is 0 Å². The van der Waals surface area contributed by atoms with Crippen molar-refractivity contribution in [2.75, 3.05) is 40.8 Å². The van der Waals surface area contributed by atoms with Gasteiger partial charge in [0.2, 0.25) is 0 Å². The van der Waals surface area contributed by atoms with Crippen LogP contribution in [0.1, 0.15) is 19.8 Å². The predicted octanol–water partition coefficient (Wildman–Crippen LogP) is 0.821. The van der Waals surface area contributed by atoms with Crippen LogP contribution in [0.15, 0.2) is 0 Å². The number of hydrogen-bond acceptors (Lipinski definition) is 4. The van der Waals surface area contributed by atoms with E-state index in [1.54, 1.807) is 0 Å². The zero-order valence-corrected chi connectivity index (χ0v) is 10.9. The van der Waals surface area contributed by atoms with Gasteiger partial charge in [0, 0.05) is 6.54 Å². The molecular weight excluding hydrogens is 204 g/mol. The van der Waals surface area contributed by atoms with E-state index in [4.69, 9.17) is 4.74 Å². The molecule has 0 aromatic heterocycles. The fourth-order valence-electron chi connectivity index (χ4n) is 1.96. The van der Waals surface area contributed by atoms with Crippen LogP contribution in [0.5, 0.6) is 0 Å². The number of esters is 1. The zero-order chi connectivity index (χ0) is 12.1. The lowest BCUT2D eigenvalue weighted by Crippen LogP contribution is -2.45. The third-order valence-electron chi connectivity index (χ3n) is 3.19. The molecule has 0 saturated carbocycles. The van der Waals surface area contributed by atoms with E-state index in [-0.39, 0.29) is 12.0 Å². The first-order valence-electron chi connectivity index (χ1n) is 6.02. The van der Waals surface area contributed by atoms with E-state index in [0.717, 1.165) is 19.5 Å². The van der Waals surface area contributed by atoms with Gasteiger partial charge in [0.1, 0.15) is 12.6 Å². The fourth-order valence-corrected chi connectivity index (χ4v) is 1.96. The van der Waals surface area contributed by atoms with E-state index in [9.17, 15) is 4.79 Å². The van der Waals surface area contributed by atoms with Crippen LogP contribution < -0.4 is 0 Å². The summed E-state index contributed by atoms with van der Waals surface area (Å²) < 4.78 is 5.29. The lowest BCUT2D eigenvalue weighted by atomic mass is 9.93. The standard InChI is InChI=1S/C12H24N2O2/c1-10-5-6-14(4)11(9-10)12(15)16-8-7-13(2)3/h10-11H,5-9H2,1-4H3. The number of hydrogen-bond donors (Lipinski definition) is 0. The zero-order valence-electron chi connectivity index (χ0n) is 10.9. The molecule has 0 aromatic rings. The van der Waals surface area contributed by atoms with Crippen LogP contribution in [0.2, 0.25) is 0 Å².